The van der Waals surface area contributed by atoms with Crippen molar-refractivity contribution in [1.82, 2.24) is 10.2 Å². The smallest absolute Gasteiger partial charge is 0.123 e. The average molecular weight is 318 g/mol. The highest BCUT2D eigenvalue weighted by Crippen LogP contribution is 2.37. The minimum Gasteiger partial charge on any atom is -0.492 e. The molecule has 3 heterocycles. The van der Waals surface area contributed by atoms with Crippen LogP contribution >= 0.6 is 0 Å². The van der Waals surface area contributed by atoms with Gasteiger partial charge in [-0.15, -0.1) is 0 Å². The average Bonchev–Trinajstić information content (AvgIpc) is 2.60. The van der Waals surface area contributed by atoms with Crippen LogP contribution in [-0.2, 0) is 6.54 Å². The molecule has 4 nitrogen and oxygen atoms in total. The molecule has 0 radical (unpaired) electrons. The number of aliphatic hydroxyl groups excluding tert-OH is 1. The third kappa shape index (κ3) is 4.46. The van der Waals surface area contributed by atoms with Crippen molar-refractivity contribution >= 4 is 0 Å². The van der Waals surface area contributed by atoms with Crippen molar-refractivity contribution in [2.24, 2.45) is 5.41 Å². The van der Waals surface area contributed by atoms with Crippen molar-refractivity contribution in [1.29, 1.82) is 0 Å². The van der Waals surface area contributed by atoms with E-state index in [1.165, 1.54) is 18.4 Å². The first-order valence-electron chi connectivity index (χ1n) is 9.06. The number of para-hydroxylation sites is 1. The molecule has 23 heavy (non-hydrogen) atoms. The third-order valence-electron chi connectivity index (χ3n) is 5.47. The normalized spacial score (nSPS) is 29.9. The molecule has 1 aromatic carbocycles. The largest absolute Gasteiger partial charge is 0.492 e. The van der Waals surface area contributed by atoms with Crippen LogP contribution in [0.5, 0.6) is 5.75 Å². The van der Waals surface area contributed by atoms with Gasteiger partial charge in [-0.25, -0.2) is 0 Å². The zero-order chi connectivity index (χ0) is 16.0. The van der Waals surface area contributed by atoms with E-state index in [0.29, 0.717) is 6.61 Å². The van der Waals surface area contributed by atoms with Gasteiger partial charge >= 0.3 is 0 Å². The zero-order valence-corrected chi connectivity index (χ0v) is 14.1. The topological polar surface area (TPSA) is 44.7 Å². The molecule has 1 aromatic rings. The van der Waals surface area contributed by atoms with Crippen molar-refractivity contribution in [3.8, 4) is 5.75 Å². The predicted molar refractivity (Wildman–Crippen MR) is 92.7 cm³/mol. The lowest BCUT2D eigenvalue weighted by Crippen LogP contribution is -2.41. The molecule has 0 aliphatic carbocycles. The Bertz CT molecular complexity index is 484. The van der Waals surface area contributed by atoms with Gasteiger partial charge in [-0.1, -0.05) is 24.6 Å². The van der Waals surface area contributed by atoms with Crippen LogP contribution in [-0.4, -0.2) is 49.4 Å². The second-order valence-corrected chi connectivity index (χ2v) is 7.10. The molecule has 0 amide bonds. The maximum Gasteiger partial charge on any atom is 0.123 e. The first-order valence-corrected chi connectivity index (χ1v) is 9.06. The molecule has 2 N–H and O–H groups in total. The van der Waals surface area contributed by atoms with Gasteiger partial charge in [0.15, 0.2) is 0 Å². The van der Waals surface area contributed by atoms with Crippen molar-refractivity contribution in [2.75, 3.05) is 39.4 Å². The van der Waals surface area contributed by atoms with Gasteiger partial charge in [0.05, 0.1) is 0 Å². The molecule has 0 atom stereocenters. The van der Waals surface area contributed by atoms with Crippen LogP contribution in [0, 0.1) is 5.41 Å². The molecule has 4 rings (SSSR count). The first kappa shape index (κ1) is 16.7. The number of hydrogen-bond donors (Lipinski definition) is 2. The fourth-order valence-corrected chi connectivity index (χ4v) is 3.80. The Balaban J connectivity index is 1.71. The first-order chi connectivity index (χ1) is 11.3. The molecule has 1 saturated heterocycles. The SMILES string of the molecule is OCC12CCCCNCCOc3ccccc3CN(CC1)CC2. The summed E-state index contributed by atoms with van der Waals surface area (Å²) >= 11 is 0. The van der Waals surface area contributed by atoms with Crippen LogP contribution in [0.1, 0.15) is 37.7 Å². The Morgan fingerprint density at radius 1 is 1.09 bits per heavy atom. The molecule has 4 heteroatoms. The van der Waals surface area contributed by atoms with Crippen LogP contribution in [0.25, 0.3) is 0 Å². The molecule has 3 aliphatic rings. The van der Waals surface area contributed by atoms with E-state index in [4.69, 9.17) is 4.74 Å². The van der Waals surface area contributed by atoms with Gasteiger partial charge in [0.2, 0.25) is 0 Å². The lowest BCUT2D eigenvalue weighted by Gasteiger charge is -2.41. The maximum absolute atomic E-state index is 9.92. The second kappa shape index (κ2) is 8.13. The zero-order valence-electron chi connectivity index (χ0n) is 14.1. The number of piperidine rings is 1. The summed E-state index contributed by atoms with van der Waals surface area (Å²) in [6, 6.07) is 8.40. The molecule has 0 spiro atoms. The van der Waals surface area contributed by atoms with Crippen molar-refractivity contribution < 1.29 is 9.84 Å². The number of rotatable bonds is 1. The number of hydrogen-bond acceptors (Lipinski definition) is 4. The summed E-state index contributed by atoms with van der Waals surface area (Å²) < 4.78 is 5.98. The van der Waals surface area contributed by atoms with Crippen molar-refractivity contribution in [3.05, 3.63) is 29.8 Å². The van der Waals surface area contributed by atoms with E-state index in [2.05, 4.69) is 28.4 Å². The van der Waals surface area contributed by atoms with E-state index in [1.54, 1.807) is 0 Å². The summed E-state index contributed by atoms with van der Waals surface area (Å²) in [4.78, 5) is 2.51. The fourth-order valence-electron chi connectivity index (χ4n) is 3.80. The van der Waals surface area contributed by atoms with Crippen LogP contribution < -0.4 is 10.1 Å². The summed E-state index contributed by atoms with van der Waals surface area (Å²) in [5.41, 5.74) is 1.44. The van der Waals surface area contributed by atoms with Crippen LogP contribution in [0.15, 0.2) is 24.3 Å². The Kier molecular flexibility index (Phi) is 5.92. The van der Waals surface area contributed by atoms with Gasteiger partial charge in [0, 0.05) is 25.3 Å². The fraction of sp³-hybridized carbons (Fsp3) is 0.684. The highest BCUT2D eigenvalue weighted by molar-refractivity contribution is 5.33. The second-order valence-electron chi connectivity index (χ2n) is 7.10. The molecule has 0 aromatic heterocycles. The van der Waals surface area contributed by atoms with E-state index < -0.39 is 0 Å². The Morgan fingerprint density at radius 3 is 2.74 bits per heavy atom. The maximum atomic E-state index is 9.92. The highest BCUT2D eigenvalue weighted by Gasteiger charge is 2.33. The van der Waals surface area contributed by atoms with Gasteiger partial charge in [-0.3, -0.25) is 4.90 Å². The lowest BCUT2D eigenvalue weighted by molar-refractivity contribution is 0.0324. The summed E-state index contributed by atoms with van der Waals surface area (Å²) in [6.07, 6.45) is 5.77. The number of aliphatic hydroxyl groups is 1. The van der Waals surface area contributed by atoms with E-state index in [0.717, 1.165) is 64.3 Å². The monoisotopic (exact) mass is 318 g/mol. The number of fused-ring (bicyclic) bond motifs is 9. The Morgan fingerprint density at radius 2 is 1.91 bits per heavy atom. The molecule has 3 aliphatic heterocycles. The summed E-state index contributed by atoms with van der Waals surface area (Å²) in [6.45, 7) is 6.10. The summed E-state index contributed by atoms with van der Waals surface area (Å²) in [5.74, 6) is 1.02. The van der Waals surface area contributed by atoms with E-state index in [-0.39, 0.29) is 5.41 Å². The number of nitrogens with zero attached hydrogens (tertiary/aromatic N) is 1. The molecular weight excluding hydrogens is 288 g/mol. The standard InChI is InChI=1S/C19H30N2O2/c22-16-19-7-3-4-10-20-11-14-23-18-6-2-1-5-17(18)15-21(12-8-19)13-9-19/h1-2,5-6,20,22H,3-4,7-16H2. The molecule has 128 valence electrons. The van der Waals surface area contributed by atoms with Crippen LogP contribution in [0.2, 0.25) is 0 Å². The highest BCUT2D eigenvalue weighted by atomic mass is 16.5. The van der Waals surface area contributed by atoms with Crippen molar-refractivity contribution in [2.45, 2.75) is 38.6 Å². The summed E-state index contributed by atoms with van der Waals surface area (Å²) in [7, 11) is 0. The predicted octanol–water partition coefficient (Wildman–Crippen LogP) is 2.41. The quantitative estimate of drug-likeness (QED) is 0.835. The van der Waals surface area contributed by atoms with Crippen LogP contribution in [0.3, 0.4) is 0 Å². The molecular formula is C19H30N2O2. The third-order valence-corrected chi connectivity index (χ3v) is 5.47. The molecule has 0 saturated carbocycles. The molecule has 2 bridgehead atoms. The van der Waals surface area contributed by atoms with Gasteiger partial charge in [0.1, 0.15) is 12.4 Å². The van der Waals surface area contributed by atoms with Crippen LogP contribution in [0.4, 0.5) is 0 Å². The Labute approximate surface area is 139 Å². The molecule has 0 unspecified atom stereocenters. The van der Waals surface area contributed by atoms with Gasteiger partial charge < -0.3 is 15.2 Å². The number of benzene rings is 1. The minimum absolute atomic E-state index is 0.159. The van der Waals surface area contributed by atoms with E-state index in [9.17, 15) is 5.11 Å². The lowest BCUT2D eigenvalue weighted by atomic mass is 9.75. The Hall–Kier alpha value is -1.10. The van der Waals surface area contributed by atoms with Crippen molar-refractivity contribution in [3.63, 3.8) is 0 Å². The number of ether oxygens (including phenoxy) is 1. The number of nitrogens with one attached hydrogen (secondary N) is 1. The summed E-state index contributed by atoms with van der Waals surface area (Å²) in [5, 5.41) is 13.4. The molecule has 1 fully saturated rings. The van der Waals surface area contributed by atoms with E-state index >= 15 is 0 Å². The van der Waals surface area contributed by atoms with Gasteiger partial charge in [-0.05, 0) is 56.8 Å². The van der Waals surface area contributed by atoms with Gasteiger partial charge in [0.25, 0.3) is 0 Å². The minimum atomic E-state index is 0.159. The van der Waals surface area contributed by atoms with E-state index in [1.807, 2.05) is 6.07 Å². The van der Waals surface area contributed by atoms with Gasteiger partial charge in [-0.2, -0.15) is 0 Å².